The van der Waals surface area contributed by atoms with E-state index in [9.17, 15) is 0 Å². The van der Waals surface area contributed by atoms with Crippen molar-refractivity contribution in [1.29, 1.82) is 0 Å². The molecule has 1 aromatic carbocycles. The summed E-state index contributed by atoms with van der Waals surface area (Å²) in [6.07, 6.45) is 0. The Morgan fingerprint density at radius 1 is 1.18 bits per heavy atom. The zero-order valence-corrected chi connectivity index (χ0v) is 7.37. The van der Waals surface area contributed by atoms with Gasteiger partial charge in [0, 0.05) is 19.8 Å². The lowest BCUT2D eigenvalue weighted by Crippen LogP contribution is -1.92. The van der Waals surface area contributed by atoms with Crippen molar-refractivity contribution in [1.82, 2.24) is 0 Å². The summed E-state index contributed by atoms with van der Waals surface area (Å²) < 4.78 is 0. The summed E-state index contributed by atoms with van der Waals surface area (Å²) in [4.78, 5) is 0. The fraction of sp³-hybridized carbons (Fsp3) is 0.250. The molecular weight excluding hydrogens is 160 g/mol. The minimum Gasteiger partial charge on any atom is -0.388 e. The van der Waals surface area contributed by atoms with E-state index in [-0.39, 0.29) is 0 Å². The van der Waals surface area contributed by atoms with Gasteiger partial charge in [-0.15, -0.1) is 0 Å². The highest BCUT2D eigenvalue weighted by molar-refractivity contribution is 6.33. The third kappa shape index (κ3) is 1.77. The third-order valence-electron chi connectivity index (χ3n) is 1.52. The first kappa shape index (κ1) is 8.21. The lowest BCUT2D eigenvalue weighted by atomic mass is 10.3. The predicted octanol–water partition coefficient (Wildman–Crippen LogP) is 2.42. The number of benzene rings is 1. The molecule has 0 saturated carbocycles. The van der Waals surface area contributed by atoms with E-state index in [0.29, 0.717) is 0 Å². The topological polar surface area (TPSA) is 24.1 Å². The maximum absolute atomic E-state index is 5.86. The molecule has 0 aliphatic heterocycles. The van der Waals surface area contributed by atoms with Crippen LogP contribution in [0.25, 0.3) is 0 Å². The molecule has 0 unspecified atom stereocenters. The molecular formula is C8H11ClN2. The number of anilines is 2. The van der Waals surface area contributed by atoms with Crippen LogP contribution in [0.4, 0.5) is 11.4 Å². The van der Waals surface area contributed by atoms with Gasteiger partial charge in [0.25, 0.3) is 0 Å². The van der Waals surface area contributed by atoms with Crippen LogP contribution in [-0.2, 0) is 0 Å². The molecule has 60 valence electrons. The Morgan fingerprint density at radius 2 is 1.91 bits per heavy atom. The summed E-state index contributed by atoms with van der Waals surface area (Å²) >= 11 is 5.86. The van der Waals surface area contributed by atoms with E-state index in [4.69, 9.17) is 11.6 Å². The van der Waals surface area contributed by atoms with Crippen molar-refractivity contribution >= 4 is 23.0 Å². The molecule has 2 nitrogen and oxygen atoms in total. The van der Waals surface area contributed by atoms with Crippen molar-refractivity contribution in [3.8, 4) is 0 Å². The highest BCUT2D eigenvalue weighted by atomic mass is 35.5. The molecule has 0 saturated heterocycles. The van der Waals surface area contributed by atoms with Crippen molar-refractivity contribution in [3.05, 3.63) is 23.2 Å². The van der Waals surface area contributed by atoms with E-state index in [0.717, 1.165) is 16.4 Å². The minimum absolute atomic E-state index is 0.742. The summed E-state index contributed by atoms with van der Waals surface area (Å²) in [5.74, 6) is 0. The van der Waals surface area contributed by atoms with Crippen molar-refractivity contribution in [2.24, 2.45) is 0 Å². The van der Waals surface area contributed by atoms with Crippen LogP contribution in [0.15, 0.2) is 18.2 Å². The van der Waals surface area contributed by atoms with Crippen LogP contribution in [0, 0.1) is 0 Å². The smallest absolute Gasteiger partial charge is 0.0638 e. The zero-order valence-electron chi connectivity index (χ0n) is 6.61. The molecule has 0 radical (unpaired) electrons. The monoisotopic (exact) mass is 170 g/mol. The van der Waals surface area contributed by atoms with E-state index in [1.807, 2.05) is 32.3 Å². The third-order valence-corrected chi connectivity index (χ3v) is 1.85. The van der Waals surface area contributed by atoms with Gasteiger partial charge in [-0.1, -0.05) is 11.6 Å². The van der Waals surface area contributed by atoms with Crippen molar-refractivity contribution in [3.63, 3.8) is 0 Å². The number of rotatable bonds is 2. The fourth-order valence-corrected chi connectivity index (χ4v) is 1.08. The Kier molecular flexibility index (Phi) is 2.60. The summed E-state index contributed by atoms with van der Waals surface area (Å²) in [7, 11) is 3.73. The van der Waals surface area contributed by atoms with Gasteiger partial charge in [0.15, 0.2) is 0 Å². The summed E-state index contributed by atoms with van der Waals surface area (Å²) in [5, 5.41) is 6.77. The molecule has 0 aliphatic carbocycles. The van der Waals surface area contributed by atoms with Crippen molar-refractivity contribution in [2.75, 3.05) is 24.7 Å². The van der Waals surface area contributed by atoms with Gasteiger partial charge in [-0.2, -0.15) is 0 Å². The first-order valence-corrected chi connectivity index (χ1v) is 3.80. The van der Waals surface area contributed by atoms with Gasteiger partial charge < -0.3 is 10.6 Å². The Morgan fingerprint density at radius 3 is 2.45 bits per heavy atom. The van der Waals surface area contributed by atoms with Gasteiger partial charge in [0.05, 0.1) is 10.7 Å². The predicted molar refractivity (Wildman–Crippen MR) is 50.5 cm³/mol. The number of hydrogen-bond acceptors (Lipinski definition) is 2. The van der Waals surface area contributed by atoms with E-state index < -0.39 is 0 Å². The second-order valence-electron chi connectivity index (χ2n) is 2.19. The molecule has 0 amide bonds. The van der Waals surface area contributed by atoms with Crippen LogP contribution in [0.5, 0.6) is 0 Å². The average Bonchev–Trinajstić information content (AvgIpc) is 2.05. The molecule has 0 aliphatic rings. The highest BCUT2D eigenvalue weighted by Gasteiger charge is 1.97. The fourth-order valence-electron chi connectivity index (χ4n) is 0.872. The SMILES string of the molecule is CNc1ccc(Cl)c(NC)c1. The first-order chi connectivity index (χ1) is 5.27. The van der Waals surface area contributed by atoms with Gasteiger partial charge in [0.1, 0.15) is 0 Å². The summed E-state index contributed by atoms with van der Waals surface area (Å²) in [6, 6.07) is 5.75. The average molecular weight is 171 g/mol. The van der Waals surface area contributed by atoms with Gasteiger partial charge in [-0.05, 0) is 18.2 Å². The van der Waals surface area contributed by atoms with E-state index in [1.165, 1.54) is 0 Å². The van der Waals surface area contributed by atoms with E-state index >= 15 is 0 Å². The maximum atomic E-state index is 5.86. The van der Waals surface area contributed by atoms with Crippen LogP contribution < -0.4 is 10.6 Å². The second-order valence-corrected chi connectivity index (χ2v) is 2.60. The molecule has 3 heteroatoms. The summed E-state index contributed by atoms with van der Waals surface area (Å²) in [6.45, 7) is 0. The molecule has 0 heterocycles. The molecule has 0 atom stereocenters. The number of halogens is 1. The summed E-state index contributed by atoms with van der Waals surface area (Å²) in [5.41, 5.74) is 2.00. The van der Waals surface area contributed by atoms with Gasteiger partial charge >= 0.3 is 0 Å². The second kappa shape index (κ2) is 3.49. The first-order valence-electron chi connectivity index (χ1n) is 3.43. The number of hydrogen-bond donors (Lipinski definition) is 2. The molecule has 0 fully saturated rings. The van der Waals surface area contributed by atoms with Crippen LogP contribution in [-0.4, -0.2) is 14.1 Å². The Labute approximate surface area is 71.6 Å². The number of nitrogens with one attached hydrogen (secondary N) is 2. The van der Waals surface area contributed by atoms with Crippen LogP contribution in [0.2, 0.25) is 5.02 Å². The van der Waals surface area contributed by atoms with Crippen molar-refractivity contribution < 1.29 is 0 Å². The van der Waals surface area contributed by atoms with Crippen LogP contribution in [0.3, 0.4) is 0 Å². The molecule has 2 N–H and O–H groups in total. The maximum Gasteiger partial charge on any atom is 0.0638 e. The molecule has 1 rings (SSSR count). The van der Waals surface area contributed by atoms with Gasteiger partial charge in [-0.25, -0.2) is 0 Å². The van der Waals surface area contributed by atoms with E-state index in [1.54, 1.807) is 0 Å². The Balaban J connectivity index is 3.02. The molecule has 0 aromatic heterocycles. The Bertz CT molecular complexity index is 248. The minimum atomic E-state index is 0.742. The van der Waals surface area contributed by atoms with Crippen molar-refractivity contribution in [2.45, 2.75) is 0 Å². The van der Waals surface area contributed by atoms with Gasteiger partial charge in [-0.3, -0.25) is 0 Å². The van der Waals surface area contributed by atoms with Gasteiger partial charge in [0.2, 0.25) is 0 Å². The largest absolute Gasteiger partial charge is 0.388 e. The van der Waals surface area contributed by atoms with E-state index in [2.05, 4.69) is 10.6 Å². The lowest BCUT2D eigenvalue weighted by Gasteiger charge is -2.05. The molecule has 0 spiro atoms. The standard InChI is InChI=1S/C8H11ClN2/c1-10-6-3-4-7(9)8(5-6)11-2/h3-5,10-11H,1-2H3. The normalized spacial score (nSPS) is 9.36. The molecule has 0 bridgehead atoms. The zero-order chi connectivity index (χ0) is 8.27. The Hall–Kier alpha value is -0.890. The quantitative estimate of drug-likeness (QED) is 0.713. The molecule has 1 aromatic rings. The lowest BCUT2D eigenvalue weighted by molar-refractivity contribution is 1.47. The van der Waals surface area contributed by atoms with Crippen LogP contribution in [0.1, 0.15) is 0 Å². The molecule has 11 heavy (non-hydrogen) atoms. The van der Waals surface area contributed by atoms with Crippen LogP contribution >= 0.6 is 11.6 Å². The highest BCUT2D eigenvalue weighted by Crippen LogP contribution is 2.24.